The summed E-state index contributed by atoms with van der Waals surface area (Å²) < 4.78 is 4.76. The first-order chi connectivity index (χ1) is 12.6. The number of ether oxygens (including phenoxy) is 1. The molecule has 0 bridgehead atoms. The number of hydrogen-bond donors (Lipinski definition) is 1. The maximum absolute atomic E-state index is 11.6. The minimum absolute atomic E-state index is 0.111. The number of hydrogen-bond acceptors (Lipinski definition) is 5. The Morgan fingerprint density at radius 2 is 1.92 bits per heavy atom. The summed E-state index contributed by atoms with van der Waals surface area (Å²) >= 11 is 0. The van der Waals surface area contributed by atoms with Gasteiger partial charge in [0.1, 0.15) is 12.4 Å². The molecule has 0 unspecified atom stereocenters. The molecule has 0 aliphatic carbocycles. The van der Waals surface area contributed by atoms with Crippen molar-refractivity contribution < 1.29 is 14.6 Å². The van der Waals surface area contributed by atoms with Crippen molar-refractivity contribution >= 4 is 22.7 Å². The lowest BCUT2D eigenvalue weighted by Gasteiger charge is -2.19. The zero-order valence-corrected chi connectivity index (χ0v) is 15.0. The number of aromatic nitrogens is 1. The number of benzene rings is 2. The van der Waals surface area contributed by atoms with E-state index in [0.29, 0.717) is 12.2 Å². The number of nitrogens with zero attached hydrogens (tertiary/aromatic N) is 2. The molecule has 0 saturated heterocycles. The number of likely N-dealkylation sites (N-methyl/N-ethyl adjacent to an activating group) is 1. The molecule has 0 amide bonds. The Kier molecular flexibility index (Phi) is 5.49. The first kappa shape index (κ1) is 17.9. The van der Waals surface area contributed by atoms with Gasteiger partial charge in [0.15, 0.2) is 0 Å². The monoisotopic (exact) mass is 350 g/mol. The second kappa shape index (κ2) is 7.97. The highest BCUT2D eigenvalue weighted by molar-refractivity contribution is 5.96. The zero-order chi connectivity index (χ0) is 18.5. The van der Waals surface area contributed by atoms with Crippen molar-refractivity contribution in [1.82, 2.24) is 4.98 Å². The van der Waals surface area contributed by atoms with E-state index in [0.717, 1.165) is 27.6 Å². The number of aliphatic hydroxyl groups is 1. The molecule has 0 fully saturated rings. The number of carbonyl (C=O) groups is 1. The van der Waals surface area contributed by atoms with Gasteiger partial charge in [0.05, 0.1) is 12.6 Å². The van der Waals surface area contributed by atoms with Crippen LogP contribution in [0.4, 0.5) is 5.82 Å². The van der Waals surface area contributed by atoms with E-state index >= 15 is 0 Å². The summed E-state index contributed by atoms with van der Waals surface area (Å²) in [4.78, 5) is 18.1. The van der Waals surface area contributed by atoms with Crippen LogP contribution in [0.1, 0.15) is 5.56 Å². The highest BCUT2D eigenvalue weighted by Gasteiger charge is 2.14. The first-order valence-electron chi connectivity index (χ1n) is 8.50. The molecule has 2 aromatic carbocycles. The SMILES string of the molecule is COC(=O)CN(C)c1cc(-c2ccccc2)c2cc(CCO)ccc2n1. The maximum atomic E-state index is 11.6. The number of rotatable bonds is 6. The normalized spacial score (nSPS) is 10.7. The quantitative estimate of drug-likeness (QED) is 0.692. The van der Waals surface area contributed by atoms with E-state index in [9.17, 15) is 9.90 Å². The molecule has 0 saturated carbocycles. The van der Waals surface area contributed by atoms with Crippen LogP contribution >= 0.6 is 0 Å². The van der Waals surface area contributed by atoms with Gasteiger partial charge in [-0.15, -0.1) is 0 Å². The molecule has 0 atom stereocenters. The second-order valence-electron chi connectivity index (χ2n) is 6.15. The predicted octanol–water partition coefficient (Wildman–Crippen LogP) is 3.05. The summed E-state index contributed by atoms with van der Waals surface area (Å²) in [7, 11) is 3.20. The van der Waals surface area contributed by atoms with Crippen molar-refractivity contribution in [3.8, 4) is 11.1 Å². The number of methoxy groups -OCH3 is 1. The Hall–Kier alpha value is -2.92. The van der Waals surface area contributed by atoms with Gasteiger partial charge in [-0.3, -0.25) is 4.79 Å². The summed E-state index contributed by atoms with van der Waals surface area (Å²) in [6.07, 6.45) is 0.605. The van der Waals surface area contributed by atoms with Crippen LogP contribution in [0.5, 0.6) is 0 Å². The Morgan fingerprint density at radius 1 is 1.15 bits per heavy atom. The third-order valence-corrected chi connectivity index (χ3v) is 4.33. The highest BCUT2D eigenvalue weighted by Crippen LogP contribution is 2.32. The minimum atomic E-state index is -0.311. The van der Waals surface area contributed by atoms with E-state index < -0.39 is 0 Å². The smallest absolute Gasteiger partial charge is 0.325 e. The van der Waals surface area contributed by atoms with Gasteiger partial charge in [-0.1, -0.05) is 36.4 Å². The Labute approximate surface area is 152 Å². The molecular formula is C21H22N2O3. The Bertz CT molecular complexity index is 910. The maximum Gasteiger partial charge on any atom is 0.325 e. The molecule has 3 rings (SSSR count). The number of fused-ring (bicyclic) bond motifs is 1. The van der Waals surface area contributed by atoms with E-state index in [2.05, 4.69) is 18.2 Å². The van der Waals surface area contributed by atoms with E-state index in [1.807, 2.05) is 43.4 Å². The van der Waals surface area contributed by atoms with Gasteiger partial charge in [0.2, 0.25) is 0 Å². The topological polar surface area (TPSA) is 62.7 Å². The van der Waals surface area contributed by atoms with Crippen LogP contribution in [0.25, 0.3) is 22.0 Å². The van der Waals surface area contributed by atoms with E-state index in [1.165, 1.54) is 7.11 Å². The molecule has 26 heavy (non-hydrogen) atoms. The van der Waals surface area contributed by atoms with E-state index in [1.54, 1.807) is 4.90 Å². The fourth-order valence-electron chi connectivity index (χ4n) is 2.93. The average Bonchev–Trinajstić information content (AvgIpc) is 2.68. The number of pyridine rings is 1. The molecular weight excluding hydrogens is 328 g/mol. The fraction of sp³-hybridized carbons (Fsp3) is 0.238. The lowest BCUT2D eigenvalue weighted by atomic mass is 9.98. The third kappa shape index (κ3) is 3.83. The number of carbonyl (C=O) groups excluding carboxylic acids is 1. The Balaban J connectivity index is 2.15. The van der Waals surface area contributed by atoms with Crippen molar-refractivity contribution in [1.29, 1.82) is 0 Å². The first-order valence-corrected chi connectivity index (χ1v) is 8.50. The third-order valence-electron chi connectivity index (χ3n) is 4.33. The standard InChI is InChI=1S/C21H22N2O3/c1-23(14-21(25)26-2)20-13-17(16-6-4-3-5-7-16)18-12-15(10-11-24)8-9-19(18)22-20/h3-9,12-13,24H,10-11,14H2,1-2H3. The summed E-state index contributed by atoms with van der Waals surface area (Å²) in [5.41, 5.74) is 4.03. The molecule has 0 aliphatic rings. The molecule has 5 heteroatoms. The predicted molar refractivity (Wildman–Crippen MR) is 103 cm³/mol. The molecule has 0 radical (unpaired) electrons. The van der Waals surface area contributed by atoms with Gasteiger partial charge >= 0.3 is 5.97 Å². The van der Waals surface area contributed by atoms with E-state index in [-0.39, 0.29) is 19.1 Å². The van der Waals surface area contributed by atoms with Crippen molar-refractivity contribution in [2.24, 2.45) is 0 Å². The van der Waals surface area contributed by atoms with Crippen LogP contribution in [-0.2, 0) is 16.0 Å². The number of aliphatic hydroxyl groups excluding tert-OH is 1. The molecule has 1 heterocycles. The zero-order valence-electron chi connectivity index (χ0n) is 15.0. The van der Waals surface area contributed by atoms with Crippen LogP contribution in [0.15, 0.2) is 54.6 Å². The van der Waals surface area contributed by atoms with Gasteiger partial charge in [-0.25, -0.2) is 4.98 Å². The van der Waals surface area contributed by atoms with Gasteiger partial charge in [-0.05, 0) is 41.3 Å². The van der Waals surface area contributed by atoms with E-state index in [4.69, 9.17) is 9.72 Å². The van der Waals surface area contributed by atoms with Crippen LogP contribution in [0.3, 0.4) is 0 Å². The molecule has 1 N–H and O–H groups in total. The molecule has 0 spiro atoms. The van der Waals surface area contributed by atoms with Crippen LogP contribution in [0, 0.1) is 0 Å². The summed E-state index contributed by atoms with van der Waals surface area (Å²) in [6, 6.07) is 18.1. The molecule has 134 valence electrons. The van der Waals surface area contributed by atoms with Crippen molar-refractivity contribution in [2.75, 3.05) is 32.2 Å². The summed E-state index contributed by atoms with van der Waals surface area (Å²) in [6.45, 7) is 0.241. The van der Waals surface area contributed by atoms with Gasteiger partial charge in [-0.2, -0.15) is 0 Å². The molecule has 1 aromatic heterocycles. The largest absolute Gasteiger partial charge is 0.468 e. The lowest BCUT2D eigenvalue weighted by Crippen LogP contribution is -2.27. The number of esters is 1. The van der Waals surface area contributed by atoms with Crippen LogP contribution < -0.4 is 4.90 Å². The molecule has 0 aliphatic heterocycles. The van der Waals surface area contributed by atoms with Gasteiger partial charge in [0, 0.05) is 19.0 Å². The van der Waals surface area contributed by atoms with Gasteiger partial charge in [0.25, 0.3) is 0 Å². The lowest BCUT2D eigenvalue weighted by molar-refractivity contribution is -0.138. The van der Waals surface area contributed by atoms with Crippen molar-refractivity contribution in [2.45, 2.75) is 6.42 Å². The second-order valence-corrected chi connectivity index (χ2v) is 6.15. The fourth-order valence-corrected chi connectivity index (χ4v) is 2.93. The summed E-state index contributed by atoms with van der Waals surface area (Å²) in [5, 5.41) is 10.3. The van der Waals surface area contributed by atoms with Crippen LogP contribution in [0.2, 0.25) is 0 Å². The minimum Gasteiger partial charge on any atom is -0.468 e. The highest BCUT2D eigenvalue weighted by atomic mass is 16.5. The van der Waals surface area contributed by atoms with Crippen molar-refractivity contribution in [3.05, 3.63) is 60.2 Å². The summed E-state index contributed by atoms with van der Waals surface area (Å²) in [5.74, 6) is 0.394. The molecule has 5 nitrogen and oxygen atoms in total. The van der Waals surface area contributed by atoms with Crippen molar-refractivity contribution in [3.63, 3.8) is 0 Å². The van der Waals surface area contributed by atoms with Gasteiger partial charge < -0.3 is 14.7 Å². The van der Waals surface area contributed by atoms with Crippen LogP contribution in [-0.4, -0.2) is 43.4 Å². The molecule has 3 aromatic rings. The average molecular weight is 350 g/mol. The number of anilines is 1. The Morgan fingerprint density at radius 3 is 2.62 bits per heavy atom.